The van der Waals surface area contributed by atoms with Crippen LogP contribution < -0.4 is 5.73 Å². The van der Waals surface area contributed by atoms with E-state index in [0.717, 1.165) is 11.1 Å². The SMILES string of the molecule is CC(C)([C@@H](N)c1ccccc1)[C@@H](O)c1ccccc1. The molecule has 0 aliphatic heterocycles. The van der Waals surface area contributed by atoms with Crippen LogP contribution in [0.3, 0.4) is 0 Å². The summed E-state index contributed by atoms with van der Waals surface area (Å²) in [4.78, 5) is 0. The summed E-state index contributed by atoms with van der Waals surface area (Å²) >= 11 is 0. The third-order valence-corrected chi connectivity index (χ3v) is 3.78. The minimum atomic E-state index is -0.594. The van der Waals surface area contributed by atoms with Gasteiger partial charge < -0.3 is 10.8 Å². The molecule has 2 atom stereocenters. The molecule has 0 fully saturated rings. The lowest BCUT2D eigenvalue weighted by atomic mass is 9.74. The summed E-state index contributed by atoms with van der Waals surface area (Å²) in [5, 5.41) is 10.6. The number of aliphatic hydroxyl groups excluding tert-OH is 1. The summed E-state index contributed by atoms with van der Waals surface area (Å²) in [6.07, 6.45) is -0.594. The molecular weight excluding hydrogens is 234 g/mol. The zero-order valence-electron chi connectivity index (χ0n) is 11.5. The van der Waals surface area contributed by atoms with E-state index in [2.05, 4.69) is 0 Å². The normalized spacial score (nSPS) is 14.9. The Labute approximate surface area is 114 Å². The largest absolute Gasteiger partial charge is 0.388 e. The maximum absolute atomic E-state index is 10.6. The van der Waals surface area contributed by atoms with E-state index in [4.69, 9.17) is 5.73 Å². The molecule has 0 amide bonds. The van der Waals surface area contributed by atoms with Crippen molar-refractivity contribution in [3.8, 4) is 0 Å². The lowest BCUT2D eigenvalue weighted by Crippen LogP contribution is -2.34. The lowest BCUT2D eigenvalue weighted by Gasteiger charge is -2.36. The van der Waals surface area contributed by atoms with Crippen molar-refractivity contribution in [3.63, 3.8) is 0 Å². The molecule has 0 heterocycles. The second-order valence-corrected chi connectivity index (χ2v) is 5.52. The van der Waals surface area contributed by atoms with Crippen LogP contribution in [-0.2, 0) is 0 Å². The zero-order chi connectivity index (χ0) is 13.9. The van der Waals surface area contributed by atoms with E-state index in [-0.39, 0.29) is 6.04 Å². The van der Waals surface area contributed by atoms with Crippen LogP contribution in [0.4, 0.5) is 0 Å². The van der Waals surface area contributed by atoms with Crippen LogP contribution in [0.1, 0.15) is 37.1 Å². The van der Waals surface area contributed by atoms with Crippen LogP contribution >= 0.6 is 0 Å². The molecule has 0 radical (unpaired) electrons. The van der Waals surface area contributed by atoms with Gasteiger partial charge in [-0.3, -0.25) is 0 Å². The fourth-order valence-electron chi connectivity index (χ4n) is 2.32. The van der Waals surface area contributed by atoms with Crippen LogP contribution in [0.25, 0.3) is 0 Å². The van der Waals surface area contributed by atoms with Gasteiger partial charge >= 0.3 is 0 Å². The molecule has 19 heavy (non-hydrogen) atoms. The number of rotatable bonds is 4. The monoisotopic (exact) mass is 255 g/mol. The lowest BCUT2D eigenvalue weighted by molar-refractivity contribution is 0.0297. The first-order valence-corrected chi connectivity index (χ1v) is 6.57. The molecule has 0 unspecified atom stereocenters. The van der Waals surface area contributed by atoms with Crippen LogP contribution in [0.15, 0.2) is 60.7 Å². The van der Waals surface area contributed by atoms with E-state index in [0.29, 0.717) is 0 Å². The highest BCUT2D eigenvalue weighted by Gasteiger charge is 2.35. The predicted octanol–water partition coefficient (Wildman–Crippen LogP) is 3.45. The third kappa shape index (κ3) is 2.86. The van der Waals surface area contributed by atoms with E-state index in [1.54, 1.807) is 0 Å². The Morgan fingerprint density at radius 3 is 1.74 bits per heavy atom. The van der Waals surface area contributed by atoms with Gasteiger partial charge in [-0.2, -0.15) is 0 Å². The van der Waals surface area contributed by atoms with E-state index in [1.807, 2.05) is 74.5 Å². The van der Waals surface area contributed by atoms with Crippen molar-refractivity contribution in [3.05, 3.63) is 71.8 Å². The summed E-state index contributed by atoms with van der Waals surface area (Å²) in [6, 6.07) is 19.4. The number of aliphatic hydroxyl groups is 1. The van der Waals surface area contributed by atoms with Gasteiger partial charge in [-0.1, -0.05) is 74.5 Å². The molecule has 2 rings (SSSR count). The zero-order valence-corrected chi connectivity index (χ0v) is 11.5. The Kier molecular flexibility index (Phi) is 4.03. The molecule has 0 aliphatic rings. The number of hydrogen-bond donors (Lipinski definition) is 2. The van der Waals surface area contributed by atoms with Gasteiger partial charge in [-0.25, -0.2) is 0 Å². The molecule has 0 saturated heterocycles. The average Bonchev–Trinajstić information content (AvgIpc) is 2.47. The van der Waals surface area contributed by atoms with Crippen molar-refractivity contribution in [2.24, 2.45) is 11.1 Å². The first-order chi connectivity index (χ1) is 9.03. The van der Waals surface area contributed by atoms with Crippen molar-refractivity contribution >= 4 is 0 Å². The highest BCUT2D eigenvalue weighted by atomic mass is 16.3. The molecule has 3 N–H and O–H groups in total. The van der Waals surface area contributed by atoms with Crippen molar-refractivity contribution in [1.29, 1.82) is 0 Å². The molecule has 0 spiro atoms. The van der Waals surface area contributed by atoms with Gasteiger partial charge in [0, 0.05) is 11.5 Å². The highest BCUT2D eigenvalue weighted by Crippen LogP contribution is 2.42. The van der Waals surface area contributed by atoms with Gasteiger partial charge in [0.25, 0.3) is 0 Å². The van der Waals surface area contributed by atoms with Crippen molar-refractivity contribution in [2.75, 3.05) is 0 Å². The Balaban J connectivity index is 2.27. The fourth-order valence-corrected chi connectivity index (χ4v) is 2.32. The number of nitrogens with two attached hydrogens (primary N) is 1. The van der Waals surface area contributed by atoms with Crippen LogP contribution in [-0.4, -0.2) is 5.11 Å². The summed E-state index contributed by atoms with van der Waals surface area (Å²) in [7, 11) is 0. The molecular formula is C17H21NO. The Morgan fingerprint density at radius 2 is 1.26 bits per heavy atom. The molecule has 2 aromatic rings. The molecule has 2 heteroatoms. The summed E-state index contributed by atoms with van der Waals surface area (Å²) in [5.74, 6) is 0. The minimum absolute atomic E-state index is 0.219. The third-order valence-electron chi connectivity index (χ3n) is 3.78. The molecule has 100 valence electrons. The second kappa shape index (κ2) is 5.55. The molecule has 0 aliphatic carbocycles. The summed E-state index contributed by atoms with van der Waals surface area (Å²) in [6.45, 7) is 4.00. The van der Waals surface area contributed by atoms with E-state index in [9.17, 15) is 5.11 Å². The number of hydrogen-bond acceptors (Lipinski definition) is 2. The summed E-state index contributed by atoms with van der Waals surface area (Å²) in [5.41, 5.74) is 7.85. The summed E-state index contributed by atoms with van der Waals surface area (Å²) < 4.78 is 0. The van der Waals surface area contributed by atoms with Gasteiger partial charge in [0.15, 0.2) is 0 Å². The molecule has 0 saturated carbocycles. The fraction of sp³-hybridized carbons (Fsp3) is 0.294. The maximum Gasteiger partial charge on any atom is 0.0859 e. The first-order valence-electron chi connectivity index (χ1n) is 6.57. The van der Waals surface area contributed by atoms with Gasteiger partial charge in [0.2, 0.25) is 0 Å². The predicted molar refractivity (Wildman–Crippen MR) is 78.6 cm³/mol. The van der Waals surface area contributed by atoms with Crippen molar-refractivity contribution < 1.29 is 5.11 Å². The van der Waals surface area contributed by atoms with Crippen molar-refractivity contribution in [2.45, 2.75) is 26.0 Å². The second-order valence-electron chi connectivity index (χ2n) is 5.52. The Bertz CT molecular complexity index is 460. The van der Waals surface area contributed by atoms with Crippen LogP contribution in [0.2, 0.25) is 0 Å². The minimum Gasteiger partial charge on any atom is -0.388 e. The number of benzene rings is 2. The van der Waals surface area contributed by atoms with E-state index >= 15 is 0 Å². The van der Waals surface area contributed by atoms with Gasteiger partial charge in [0.1, 0.15) is 0 Å². The van der Waals surface area contributed by atoms with Gasteiger partial charge in [-0.15, -0.1) is 0 Å². The van der Waals surface area contributed by atoms with E-state index in [1.165, 1.54) is 0 Å². The molecule has 2 nitrogen and oxygen atoms in total. The van der Waals surface area contributed by atoms with Crippen LogP contribution in [0.5, 0.6) is 0 Å². The smallest absolute Gasteiger partial charge is 0.0859 e. The van der Waals surface area contributed by atoms with Gasteiger partial charge in [0.05, 0.1) is 6.10 Å². The molecule has 0 aromatic heterocycles. The van der Waals surface area contributed by atoms with E-state index < -0.39 is 11.5 Å². The van der Waals surface area contributed by atoms with Crippen LogP contribution in [0, 0.1) is 5.41 Å². The quantitative estimate of drug-likeness (QED) is 0.879. The standard InChI is InChI=1S/C17H21NO/c1-17(2,15(18)13-9-5-3-6-10-13)16(19)14-11-7-4-8-12-14/h3-12,15-16,19H,18H2,1-2H3/t15-,16-/m0/s1. The highest BCUT2D eigenvalue weighted by molar-refractivity contribution is 5.25. The molecule has 2 aromatic carbocycles. The van der Waals surface area contributed by atoms with Gasteiger partial charge in [-0.05, 0) is 11.1 Å². The Morgan fingerprint density at radius 1 is 0.842 bits per heavy atom. The average molecular weight is 255 g/mol. The molecule has 0 bridgehead atoms. The maximum atomic E-state index is 10.6. The first kappa shape index (κ1) is 13.8. The Hall–Kier alpha value is -1.64. The van der Waals surface area contributed by atoms with Crippen molar-refractivity contribution in [1.82, 2.24) is 0 Å². The topological polar surface area (TPSA) is 46.2 Å².